The monoisotopic (exact) mass is 350 g/mol. The van der Waals surface area contributed by atoms with Crippen LogP contribution in [0.5, 0.6) is 0 Å². The molecule has 0 amide bonds. The maximum atomic E-state index is 12.2. The number of para-hydroxylation sites is 1. The van der Waals surface area contributed by atoms with Gasteiger partial charge in [-0.15, -0.1) is 11.3 Å². The molecular formula is C15H14N2O4S2. The second kappa shape index (κ2) is 6.15. The van der Waals surface area contributed by atoms with Gasteiger partial charge >= 0.3 is 5.97 Å². The summed E-state index contributed by atoms with van der Waals surface area (Å²) in [4.78, 5) is 14.5. The minimum Gasteiger partial charge on any atom is -0.480 e. The van der Waals surface area contributed by atoms with E-state index in [1.165, 1.54) is 6.07 Å². The van der Waals surface area contributed by atoms with Crippen LogP contribution in [0.1, 0.15) is 5.56 Å². The zero-order chi connectivity index (χ0) is 16.4. The molecule has 0 fully saturated rings. The van der Waals surface area contributed by atoms with Gasteiger partial charge in [-0.1, -0.05) is 24.3 Å². The van der Waals surface area contributed by atoms with Gasteiger partial charge in [0.15, 0.2) is 0 Å². The minimum atomic E-state index is -3.84. The van der Waals surface area contributed by atoms with E-state index in [9.17, 15) is 18.3 Å². The minimum absolute atomic E-state index is 0.0595. The average Bonchev–Trinajstić information content (AvgIpc) is 3.16. The molecule has 1 aromatic carbocycles. The predicted octanol–water partition coefficient (Wildman–Crippen LogP) is 2.20. The lowest BCUT2D eigenvalue weighted by Crippen LogP contribution is -2.41. The van der Waals surface area contributed by atoms with Crippen molar-refractivity contribution in [2.45, 2.75) is 16.7 Å². The molecule has 2 heterocycles. The number of aromatic nitrogens is 1. The quantitative estimate of drug-likeness (QED) is 0.634. The molecule has 6 nitrogen and oxygen atoms in total. The van der Waals surface area contributed by atoms with E-state index in [-0.39, 0.29) is 10.6 Å². The number of carbonyl (C=O) groups is 1. The van der Waals surface area contributed by atoms with E-state index in [1.807, 2.05) is 24.3 Å². The van der Waals surface area contributed by atoms with E-state index in [1.54, 1.807) is 17.6 Å². The van der Waals surface area contributed by atoms with Gasteiger partial charge in [-0.3, -0.25) is 4.79 Å². The Morgan fingerprint density at radius 2 is 2.04 bits per heavy atom. The summed E-state index contributed by atoms with van der Waals surface area (Å²) in [6.45, 7) is 0. The van der Waals surface area contributed by atoms with Crippen molar-refractivity contribution in [3.8, 4) is 0 Å². The molecule has 0 unspecified atom stereocenters. The highest BCUT2D eigenvalue weighted by Gasteiger charge is 2.27. The maximum absolute atomic E-state index is 12.2. The standard InChI is InChI=1S/C15H14N2O4S2/c18-15(19)13(17-23(20,21)14-6-3-7-22-14)8-10-9-16-12-5-2-1-4-11(10)12/h1-7,9,13,16-17H,8H2,(H,18,19)/t13-/m0/s1. The number of carboxylic acid groups (broad SMARTS) is 1. The molecule has 0 saturated heterocycles. The van der Waals surface area contributed by atoms with E-state index in [0.717, 1.165) is 27.8 Å². The van der Waals surface area contributed by atoms with Crippen LogP contribution < -0.4 is 4.72 Å². The van der Waals surface area contributed by atoms with Crippen molar-refractivity contribution in [1.82, 2.24) is 9.71 Å². The first kappa shape index (κ1) is 15.7. The molecule has 1 atom stereocenters. The molecule has 0 saturated carbocycles. The number of benzene rings is 1. The largest absolute Gasteiger partial charge is 0.480 e. The van der Waals surface area contributed by atoms with Crippen LogP contribution in [0.3, 0.4) is 0 Å². The Hall–Kier alpha value is -2.16. The van der Waals surface area contributed by atoms with Crippen LogP contribution in [-0.4, -0.2) is 30.5 Å². The van der Waals surface area contributed by atoms with E-state index in [2.05, 4.69) is 9.71 Å². The van der Waals surface area contributed by atoms with Crippen LogP contribution in [0.4, 0.5) is 0 Å². The lowest BCUT2D eigenvalue weighted by Gasteiger charge is -2.13. The Morgan fingerprint density at radius 1 is 1.26 bits per heavy atom. The number of sulfonamides is 1. The number of hydrogen-bond acceptors (Lipinski definition) is 4. The third-order valence-electron chi connectivity index (χ3n) is 3.45. The lowest BCUT2D eigenvalue weighted by atomic mass is 10.1. The first-order chi connectivity index (χ1) is 11.0. The van der Waals surface area contributed by atoms with E-state index in [0.29, 0.717) is 0 Å². The second-order valence-corrected chi connectivity index (χ2v) is 7.90. The van der Waals surface area contributed by atoms with Gasteiger partial charge in [-0.2, -0.15) is 4.72 Å². The summed E-state index contributed by atoms with van der Waals surface area (Å²) < 4.78 is 26.8. The molecule has 0 bridgehead atoms. The highest BCUT2D eigenvalue weighted by Crippen LogP contribution is 2.21. The number of hydrogen-bond donors (Lipinski definition) is 3. The van der Waals surface area contributed by atoms with E-state index in [4.69, 9.17) is 0 Å². The molecule has 120 valence electrons. The number of H-pyrrole nitrogens is 1. The smallest absolute Gasteiger partial charge is 0.322 e. The third-order valence-corrected chi connectivity index (χ3v) is 6.32. The molecule has 3 N–H and O–H groups in total. The summed E-state index contributed by atoms with van der Waals surface area (Å²) >= 11 is 1.04. The number of rotatable bonds is 6. The zero-order valence-electron chi connectivity index (χ0n) is 11.9. The molecule has 2 aromatic heterocycles. The van der Waals surface area contributed by atoms with Crippen LogP contribution in [-0.2, 0) is 21.2 Å². The van der Waals surface area contributed by atoms with Gasteiger partial charge in [-0.25, -0.2) is 8.42 Å². The number of carboxylic acids is 1. The van der Waals surface area contributed by atoms with Gasteiger partial charge in [0, 0.05) is 23.5 Å². The Bertz CT molecular complexity index is 929. The van der Waals surface area contributed by atoms with Crippen molar-refractivity contribution in [2.75, 3.05) is 0 Å². The van der Waals surface area contributed by atoms with E-state index < -0.39 is 22.0 Å². The first-order valence-corrected chi connectivity index (χ1v) is 9.17. The van der Waals surface area contributed by atoms with Gasteiger partial charge in [0.1, 0.15) is 10.3 Å². The van der Waals surface area contributed by atoms with Gasteiger partial charge < -0.3 is 10.1 Å². The fraction of sp³-hybridized carbons (Fsp3) is 0.133. The molecule has 8 heteroatoms. The second-order valence-electron chi connectivity index (χ2n) is 5.01. The van der Waals surface area contributed by atoms with Gasteiger partial charge in [-0.05, 0) is 23.1 Å². The summed E-state index contributed by atoms with van der Waals surface area (Å²) in [6.07, 6.45) is 1.77. The van der Waals surface area contributed by atoms with Crippen LogP contribution in [0.25, 0.3) is 10.9 Å². The van der Waals surface area contributed by atoms with Crippen molar-refractivity contribution >= 4 is 38.2 Å². The number of thiophene rings is 1. The molecule has 0 aliphatic heterocycles. The fourth-order valence-electron chi connectivity index (χ4n) is 2.36. The summed E-state index contributed by atoms with van der Waals surface area (Å²) in [5.74, 6) is -1.21. The summed E-state index contributed by atoms with van der Waals surface area (Å²) in [6, 6.07) is 9.29. The normalized spacial score (nSPS) is 13.2. The molecule has 3 aromatic rings. The molecular weight excluding hydrogens is 336 g/mol. The lowest BCUT2D eigenvalue weighted by molar-refractivity contribution is -0.138. The average molecular weight is 350 g/mol. The van der Waals surface area contributed by atoms with Gasteiger partial charge in [0.25, 0.3) is 10.0 Å². The summed E-state index contributed by atoms with van der Waals surface area (Å²) in [7, 11) is -3.84. The molecule has 0 spiro atoms. The number of aromatic amines is 1. The Morgan fingerprint density at radius 3 is 2.74 bits per heavy atom. The number of aliphatic carboxylic acids is 1. The Balaban J connectivity index is 1.87. The number of fused-ring (bicyclic) bond motifs is 1. The molecule has 0 radical (unpaired) electrons. The summed E-state index contributed by atoms with van der Waals surface area (Å²) in [5, 5.41) is 11.9. The van der Waals surface area contributed by atoms with Crippen molar-refractivity contribution < 1.29 is 18.3 Å². The third kappa shape index (κ3) is 3.29. The first-order valence-electron chi connectivity index (χ1n) is 6.81. The van der Waals surface area contributed by atoms with Crippen molar-refractivity contribution in [2.24, 2.45) is 0 Å². The topological polar surface area (TPSA) is 99.3 Å². The van der Waals surface area contributed by atoms with Crippen LogP contribution in [0.15, 0.2) is 52.2 Å². The molecule has 3 rings (SSSR count). The predicted molar refractivity (Wildman–Crippen MR) is 88.1 cm³/mol. The van der Waals surface area contributed by atoms with Gasteiger partial charge in [0.2, 0.25) is 0 Å². The fourth-order valence-corrected chi connectivity index (χ4v) is 4.56. The van der Waals surface area contributed by atoms with Crippen LogP contribution in [0.2, 0.25) is 0 Å². The van der Waals surface area contributed by atoms with Crippen molar-refractivity contribution in [3.05, 3.63) is 53.5 Å². The highest BCUT2D eigenvalue weighted by molar-refractivity contribution is 7.91. The molecule has 23 heavy (non-hydrogen) atoms. The van der Waals surface area contributed by atoms with Crippen molar-refractivity contribution in [1.29, 1.82) is 0 Å². The van der Waals surface area contributed by atoms with Crippen LogP contribution >= 0.6 is 11.3 Å². The molecule has 0 aliphatic carbocycles. The molecule has 0 aliphatic rings. The Kier molecular flexibility index (Phi) is 4.20. The van der Waals surface area contributed by atoms with Gasteiger partial charge in [0.05, 0.1) is 0 Å². The summed E-state index contributed by atoms with van der Waals surface area (Å²) in [5.41, 5.74) is 1.63. The maximum Gasteiger partial charge on any atom is 0.322 e. The highest BCUT2D eigenvalue weighted by atomic mass is 32.2. The van der Waals surface area contributed by atoms with Crippen LogP contribution in [0, 0.1) is 0 Å². The Labute approximate surface area is 136 Å². The zero-order valence-corrected chi connectivity index (χ0v) is 13.5. The van der Waals surface area contributed by atoms with Crippen molar-refractivity contribution in [3.63, 3.8) is 0 Å². The van der Waals surface area contributed by atoms with E-state index >= 15 is 0 Å². The number of nitrogens with one attached hydrogen (secondary N) is 2. The SMILES string of the molecule is O=C(O)[C@H](Cc1c[nH]c2ccccc12)NS(=O)(=O)c1cccs1.